The fraction of sp³-hybridized carbons (Fsp3) is 0.679. The van der Waals surface area contributed by atoms with Crippen molar-refractivity contribution in [3.63, 3.8) is 0 Å². The quantitative estimate of drug-likeness (QED) is 0.0328. The number of carbonyl (C=O) groups excluding carboxylic acids is 2. The van der Waals surface area contributed by atoms with Gasteiger partial charge in [-0.3, -0.25) is 0 Å². The molecule has 2 aromatic rings. The third-order valence-corrected chi connectivity index (χ3v) is 13.8. The van der Waals surface area contributed by atoms with Crippen molar-refractivity contribution in [3.8, 4) is 11.1 Å². The summed E-state index contributed by atoms with van der Waals surface area (Å²) < 4.78 is 13.2. The monoisotopic (exact) mass is 855 g/mol. The Balaban J connectivity index is 1.20. The fourth-order valence-corrected chi connectivity index (χ4v) is 9.78. The number of likely N-dealkylation sites (tertiary alicyclic amines) is 2. The van der Waals surface area contributed by atoms with Crippen LogP contribution in [0.25, 0.3) is 11.1 Å². The molecule has 0 atom stereocenters. The lowest BCUT2D eigenvalue weighted by Gasteiger charge is -2.40. The minimum absolute atomic E-state index is 0.0158. The van der Waals surface area contributed by atoms with Crippen molar-refractivity contribution in [3.05, 3.63) is 83.0 Å². The zero-order valence-electron chi connectivity index (χ0n) is 40.3. The highest BCUT2D eigenvalue weighted by atomic mass is 16.5. The maximum Gasteiger partial charge on any atom is 0.361 e. The van der Waals surface area contributed by atoms with Crippen molar-refractivity contribution in [2.75, 3.05) is 65.6 Å². The Morgan fingerprint density at radius 2 is 0.790 bits per heavy atom. The van der Waals surface area contributed by atoms with Crippen LogP contribution in [0.1, 0.15) is 180 Å². The maximum atomic E-state index is 13.0. The zero-order chi connectivity index (χ0) is 44.1. The number of hydrogen-bond donors (Lipinski definition) is 0. The standard InChI is InChI=1S/C56H90N2O4/c1-5-7-9-11-13-15-17-25-43-61-55(59)47-57(37-21-19-22-38-57)41-35-49(3)45-51-27-31-53(32-28-51)54-33-29-52(30-34-54)46-50(4)36-42-58(39-23-20-24-40-58)48-56(60)62-44-26-18-16-14-12-10-8-6-2/h27-36H,5-26,37-48H2,1-4H3/q+2/b49-35-,50-36-. The fourth-order valence-electron chi connectivity index (χ4n) is 9.78. The van der Waals surface area contributed by atoms with Gasteiger partial charge in [-0.25, -0.2) is 9.59 Å². The highest BCUT2D eigenvalue weighted by Crippen LogP contribution is 2.25. The summed E-state index contributed by atoms with van der Waals surface area (Å²) in [5, 5.41) is 0. The molecular weight excluding hydrogens is 765 g/mol. The van der Waals surface area contributed by atoms with Crippen molar-refractivity contribution in [1.82, 2.24) is 0 Å². The molecule has 0 bridgehead atoms. The van der Waals surface area contributed by atoms with Gasteiger partial charge < -0.3 is 18.4 Å². The van der Waals surface area contributed by atoms with Gasteiger partial charge in [0.05, 0.1) is 52.5 Å². The van der Waals surface area contributed by atoms with Crippen LogP contribution in [0.15, 0.2) is 71.8 Å². The van der Waals surface area contributed by atoms with E-state index in [0.717, 1.165) is 86.8 Å². The number of carbonyl (C=O) groups is 2. The van der Waals surface area contributed by atoms with Crippen LogP contribution in [-0.2, 0) is 31.9 Å². The summed E-state index contributed by atoms with van der Waals surface area (Å²) in [6.45, 7) is 17.2. The molecule has 0 saturated carbocycles. The first-order chi connectivity index (χ1) is 30.2. The molecule has 62 heavy (non-hydrogen) atoms. The van der Waals surface area contributed by atoms with Crippen LogP contribution >= 0.6 is 0 Å². The second-order valence-corrected chi connectivity index (χ2v) is 19.6. The van der Waals surface area contributed by atoms with Crippen LogP contribution in [-0.4, -0.2) is 86.5 Å². The number of ether oxygens (including phenoxy) is 2. The Morgan fingerprint density at radius 1 is 0.468 bits per heavy atom. The zero-order valence-corrected chi connectivity index (χ0v) is 40.3. The van der Waals surface area contributed by atoms with Gasteiger partial charge in [0.1, 0.15) is 0 Å². The van der Waals surface area contributed by atoms with E-state index in [1.54, 1.807) is 0 Å². The first kappa shape index (κ1) is 51.4. The lowest BCUT2D eigenvalue weighted by Crippen LogP contribution is -2.54. The summed E-state index contributed by atoms with van der Waals surface area (Å²) in [5.74, 6) is -0.0317. The molecule has 0 unspecified atom stereocenters. The second-order valence-electron chi connectivity index (χ2n) is 19.6. The molecule has 2 fully saturated rings. The summed E-state index contributed by atoms with van der Waals surface area (Å²) in [6, 6.07) is 18.1. The second kappa shape index (κ2) is 30.0. The first-order valence-electron chi connectivity index (χ1n) is 25.7. The van der Waals surface area contributed by atoms with Crippen molar-refractivity contribution >= 4 is 11.9 Å². The van der Waals surface area contributed by atoms with Gasteiger partial charge in [-0.1, -0.05) is 163 Å². The lowest BCUT2D eigenvalue weighted by atomic mass is 9.98. The molecule has 2 saturated heterocycles. The number of hydrogen-bond acceptors (Lipinski definition) is 4. The molecule has 2 aliphatic rings. The normalized spacial score (nSPS) is 16.6. The van der Waals surface area contributed by atoms with Crippen molar-refractivity contribution in [2.45, 2.75) is 182 Å². The molecule has 0 aliphatic carbocycles. The number of unbranched alkanes of at least 4 members (excludes halogenated alkanes) is 14. The number of allylic oxidation sites excluding steroid dienone is 2. The van der Waals surface area contributed by atoms with E-state index in [9.17, 15) is 9.59 Å². The summed E-state index contributed by atoms with van der Waals surface area (Å²) in [5.41, 5.74) is 7.85. The average molecular weight is 855 g/mol. The molecule has 346 valence electrons. The van der Waals surface area contributed by atoms with Crippen LogP contribution in [0.5, 0.6) is 0 Å². The van der Waals surface area contributed by atoms with Crippen LogP contribution in [0.3, 0.4) is 0 Å². The van der Waals surface area contributed by atoms with Gasteiger partial charge in [-0.2, -0.15) is 0 Å². The largest absolute Gasteiger partial charge is 0.462 e. The van der Waals surface area contributed by atoms with Crippen LogP contribution in [0, 0.1) is 0 Å². The Bertz CT molecular complexity index is 1460. The number of nitrogens with zero attached hydrogens (tertiary/aromatic N) is 2. The maximum absolute atomic E-state index is 13.0. The smallest absolute Gasteiger partial charge is 0.361 e. The Labute approximate surface area is 380 Å². The molecule has 2 aromatic carbocycles. The van der Waals surface area contributed by atoms with E-state index in [1.165, 1.54) is 149 Å². The van der Waals surface area contributed by atoms with Gasteiger partial charge in [0.15, 0.2) is 13.1 Å². The molecule has 0 aromatic heterocycles. The number of esters is 2. The number of piperidine rings is 2. The summed E-state index contributed by atoms with van der Waals surface area (Å²) in [4.78, 5) is 26.0. The van der Waals surface area contributed by atoms with Crippen LogP contribution in [0.4, 0.5) is 0 Å². The van der Waals surface area contributed by atoms with Gasteiger partial charge >= 0.3 is 11.9 Å². The minimum atomic E-state index is -0.0158. The lowest BCUT2D eigenvalue weighted by molar-refractivity contribution is -0.920. The van der Waals surface area contributed by atoms with Gasteiger partial charge in [0.25, 0.3) is 0 Å². The molecule has 0 N–H and O–H groups in total. The Kier molecular flexibility index (Phi) is 24.9. The van der Waals surface area contributed by atoms with E-state index in [4.69, 9.17) is 9.47 Å². The topological polar surface area (TPSA) is 52.6 Å². The van der Waals surface area contributed by atoms with Crippen molar-refractivity contribution in [2.24, 2.45) is 0 Å². The van der Waals surface area contributed by atoms with E-state index in [1.807, 2.05) is 0 Å². The molecule has 2 aliphatic heterocycles. The molecule has 0 spiro atoms. The molecule has 6 nitrogen and oxygen atoms in total. The summed E-state index contributed by atoms with van der Waals surface area (Å²) in [6.07, 6.45) is 34.0. The third kappa shape index (κ3) is 20.5. The van der Waals surface area contributed by atoms with Crippen LogP contribution in [0.2, 0.25) is 0 Å². The van der Waals surface area contributed by atoms with Gasteiger partial charge in [0.2, 0.25) is 0 Å². The van der Waals surface area contributed by atoms with E-state index in [2.05, 4.69) is 88.4 Å². The van der Waals surface area contributed by atoms with E-state index < -0.39 is 0 Å². The summed E-state index contributed by atoms with van der Waals surface area (Å²) in [7, 11) is 0. The highest BCUT2D eigenvalue weighted by Gasteiger charge is 2.33. The van der Waals surface area contributed by atoms with Gasteiger partial charge in [-0.15, -0.1) is 0 Å². The molecule has 4 rings (SSSR count). The minimum Gasteiger partial charge on any atom is -0.462 e. The third-order valence-electron chi connectivity index (χ3n) is 13.8. The Hall–Kier alpha value is -3.22. The van der Waals surface area contributed by atoms with E-state index in [-0.39, 0.29) is 11.9 Å². The van der Waals surface area contributed by atoms with Gasteiger partial charge in [0, 0.05) is 0 Å². The average Bonchev–Trinajstić information content (AvgIpc) is 3.28. The molecule has 6 heteroatoms. The molecule has 0 amide bonds. The predicted octanol–water partition coefficient (Wildman–Crippen LogP) is 13.7. The van der Waals surface area contributed by atoms with Crippen molar-refractivity contribution < 1.29 is 28.0 Å². The molecular formula is C56H90N2O4+2. The highest BCUT2D eigenvalue weighted by molar-refractivity contribution is 5.71. The van der Waals surface area contributed by atoms with E-state index >= 15 is 0 Å². The number of quaternary nitrogens is 2. The van der Waals surface area contributed by atoms with Gasteiger partial charge in [-0.05, 0) is 112 Å². The summed E-state index contributed by atoms with van der Waals surface area (Å²) >= 11 is 0. The van der Waals surface area contributed by atoms with Crippen LogP contribution < -0.4 is 0 Å². The first-order valence-corrected chi connectivity index (χ1v) is 25.7. The predicted molar refractivity (Wildman–Crippen MR) is 261 cm³/mol. The SMILES string of the molecule is CCCCCCCCCCOC(=O)C[N+]1(C/C=C(/C)Cc2ccc(-c3ccc(C/C(C)=C\C[N+]4(CC(=O)OCCCCCCCCCC)CCCCC4)cc3)cc2)CCCCC1. The Morgan fingerprint density at radius 3 is 1.13 bits per heavy atom. The molecule has 0 radical (unpaired) electrons. The molecule has 2 heterocycles. The number of benzene rings is 2. The van der Waals surface area contributed by atoms with Crippen molar-refractivity contribution in [1.29, 1.82) is 0 Å². The number of rotatable bonds is 31. The van der Waals surface area contributed by atoms with E-state index in [0.29, 0.717) is 26.3 Å².